The highest BCUT2D eigenvalue weighted by atomic mass is 15.0. The van der Waals surface area contributed by atoms with Crippen molar-refractivity contribution in [2.24, 2.45) is 11.5 Å². The highest BCUT2D eigenvalue weighted by Gasteiger charge is 1.94. The Morgan fingerprint density at radius 3 is 1.68 bits per heavy atom. The molecule has 5 nitrogen and oxygen atoms in total. The van der Waals surface area contributed by atoms with Gasteiger partial charge in [0.15, 0.2) is 0 Å². The fraction of sp³-hybridized carbons (Fsp3) is 1.00. The van der Waals surface area contributed by atoms with E-state index in [2.05, 4.69) is 22.9 Å². The van der Waals surface area contributed by atoms with E-state index < -0.39 is 0 Å². The van der Waals surface area contributed by atoms with Crippen LogP contribution in [0, 0.1) is 0 Å². The van der Waals surface area contributed by atoms with Gasteiger partial charge in [0.05, 0.1) is 6.17 Å². The van der Waals surface area contributed by atoms with Gasteiger partial charge in [0.1, 0.15) is 0 Å². The maximum Gasteiger partial charge on any atom is 0.0649 e. The van der Waals surface area contributed by atoms with Crippen molar-refractivity contribution in [1.29, 1.82) is 0 Å². The maximum absolute atomic E-state index is 5.44. The van der Waals surface area contributed by atoms with E-state index >= 15 is 0 Å². The second kappa shape index (κ2) is 15.9. The number of hydrogen-bond acceptors (Lipinski definition) is 5. The molecule has 19 heavy (non-hydrogen) atoms. The molecule has 0 aromatic rings. The molecule has 0 atom stereocenters. The maximum atomic E-state index is 5.44. The summed E-state index contributed by atoms with van der Waals surface area (Å²) in [6.07, 6.45) is 7.41. The largest absolute Gasteiger partial charge is 0.317 e. The van der Waals surface area contributed by atoms with Crippen molar-refractivity contribution in [3.63, 3.8) is 0 Å². The monoisotopic (exact) mass is 273 g/mol. The quantitative estimate of drug-likeness (QED) is 0.220. The molecule has 0 aromatic carbocycles. The Hall–Kier alpha value is -0.200. The summed E-state index contributed by atoms with van der Waals surface area (Å²) in [6, 6.07) is 0. The number of hydrogen-bond donors (Lipinski definition) is 5. The van der Waals surface area contributed by atoms with Crippen LogP contribution in [0.5, 0.6) is 0 Å². The first kappa shape index (κ1) is 18.8. The van der Waals surface area contributed by atoms with E-state index in [-0.39, 0.29) is 6.17 Å². The second-order valence-electron chi connectivity index (χ2n) is 5.09. The minimum atomic E-state index is -0.225. The molecular formula is C14H35N5. The van der Waals surface area contributed by atoms with Crippen molar-refractivity contribution in [3.05, 3.63) is 0 Å². The van der Waals surface area contributed by atoms with Gasteiger partial charge in [-0.3, -0.25) is 0 Å². The van der Waals surface area contributed by atoms with Gasteiger partial charge in [0, 0.05) is 6.54 Å². The van der Waals surface area contributed by atoms with Gasteiger partial charge in [0.25, 0.3) is 0 Å². The molecular weight excluding hydrogens is 238 g/mol. The smallest absolute Gasteiger partial charge is 0.0649 e. The summed E-state index contributed by atoms with van der Waals surface area (Å²) in [4.78, 5) is 0. The lowest BCUT2D eigenvalue weighted by atomic mass is 10.2. The van der Waals surface area contributed by atoms with Gasteiger partial charge in [-0.25, -0.2) is 0 Å². The van der Waals surface area contributed by atoms with Crippen LogP contribution < -0.4 is 27.4 Å². The fourth-order valence-corrected chi connectivity index (χ4v) is 1.92. The molecule has 0 amide bonds. The Balaban J connectivity index is 2.91. The number of nitrogens with two attached hydrogens (primary N) is 2. The third-order valence-electron chi connectivity index (χ3n) is 3.04. The number of nitrogens with one attached hydrogen (secondary N) is 3. The molecule has 0 fully saturated rings. The van der Waals surface area contributed by atoms with Crippen molar-refractivity contribution in [1.82, 2.24) is 16.0 Å². The van der Waals surface area contributed by atoms with Crippen LogP contribution in [0.25, 0.3) is 0 Å². The first-order valence-electron chi connectivity index (χ1n) is 7.90. The summed E-state index contributed by atoms with van der Waals surface area (Å²) in [7, 11) is 0. The zero-order valence-corrected chi connectivity index (χ0v) is 12.7. The molecule has 5 heteroatoms. The van der Waals surface area contributed by atoms with Gasteiger partial charge in [0.2, 0.25) is 0 Å². The first-order chi connectivity index (χ1) is 9.27. The SMILES string of the molecule is CCNCCCCNCCCCCCNCC(N)N. The average molecular weight is 273 g/mol. The van der Waals surface area contributed by atoms with Crippen LogP contribution in [0.2, 0.25) is 0 Å². The first-order valence-corrected chi connectivity index (χ1v) is 7.90. The van der Waals surface area contributed by atoms with Crippen molar-refractivity contribution in [2.75, 3.05) is 39.3 Å². The highest BCUT2D eigenvalue weighted by Crippen LogP contribution is 1.97. The Labute approximate surface area is 119 Å². The molecule has 0 saturated carbocycles. The van der Waals surface area contributed by atoms with Crippen LogP contribution in [0.3, 0.4) is 0 Å². The van der Waals surface area contributed by atoms with Crippen molar-refractivity contribution < 1.29 is 0 Å². The van der Waals surface area contributed by atoms with Crippen LogP contribution in [-0.2, 0) is 0 Å². The predicted octanol–water partition coefficient (Wildman–Crippen LogP) is 0.359. The van der Waals surface area contributed by atoms with Crippen LogP contribution in [0.4, 0.5) is 0 Å². The number of rotatable bonds is 15. The van der Waals surface area contributed by atoms with Gasteiger partial charge in [-0.05, 0) is 58.4 Å². The Morgan fingerprint density at radius 1 is 0.684 bits per heavy atom. The van der Waals surface area contributed by atoms with Gasteiger partial charge >= 0.3 is 0 Å². The molecule has 0 aliphatic heterocycles. The third kappa shape index (κ3) is 17.8. The lowest BCUT2D eigenvalue weighted by Crippen LogP contribution is -2.41. The molecule has 0 bridgehead atoms. The summed E-state index contributed by atoms with van der Waals surface area (Å²) in [5.41, 5.74) is 10.9. The zero-order valence-electron chi connectivity index (χ0n) is 12.7. The van der Waals surface area contributed by atoms with Gasteiger partial charge < -0.3 is 27.4 Å². The molecule has 7 N–H and O–H groups in total. The molecule has 0 saturated heterocycles. The van der Waals surface area contributed by atoms with Crippen molar-refractivity contribution in [3.8, 4) is 0 Å². The molecule has 0 aliphatic carbocycles. The Morgan fingerprint density at radius 2 is 1.16 bits per heavy atom. The van der Waals surface area contributed by atoms with E-state index in [9.17, 15) is 0 Å². The highest BCUT2D eigenvalue weighted by molar-refractivity contribution is 4.56. The molecule has 0 spiro atoms. The number of unbranched alkanes of at least 4 members (excludes halogenated alkanes) is 4. The molecule has 0 aliphatic rings. The molecule has 116 valence electrons. The zero-order chi connectivity index (χ0) is 14.2. The average Bonchev–Trinajstić information content (AvgIpc) is 2.39. The van der Waals surface area contributed by atoms with Crippen LogP contribution in [0.1, 0.15) is 45.4 Å². The lowest BCUT2D eigenvalue weighted by Gasteiger charge is -2.07. The molecule has 0 unspecified atom stereocenters. The van der Waals surface area contributed by atoms with E-state index in [4.69, 9.17) is 11.5 Å². The summed E-state index contributed by atoms with van der Waals surface area (Å²) < 4.78 is 0. The summed E-state index contributed by atoms with van der Waals surface area (Å²) in [5, 5.41) is 10.1. The van der Waals surface area contributed by atoms with E-state index in [0.29, 0.717) is 6.54 Å². The van der Waals surface area contributed by atoms with E-state index in [1.807, 2.05) is 0 Å². The molecule has 0 aromatic heterocycles. The van der Waals surface area contributed by atoms with Gasteiger partial charge in [-0.2, -0.15) is 0 Å². The van der Waals surface area contributed by atoms with E-state index in [1.54, 1.807) is 0 Å². The molecule has 0 heterocycles. The minimum Gasteiger partial charge on any atom is -0.317 e. The van der Waals surface area contributed by atoms with Crippen LogP contribution >= 0.6 is 0 Å². The van der Waals surface area contributed by atoms with E-state index in [1.165, 1.54) is 38.5 Å². The van der Waals surface area contributed by atoms with Crippen molar-refractivity contribution in [2.45, 2.75) is 51.6 Å². The Bertz CT molecular complexity index is 164. The Kier molecular flexibility index (Phi) is 15.7. The normalized spacial score (nSPS) is 11.4. The topological polar surface area (TPSA) is 88.1 Å². The van der Waals surface area contributed by atoms with Crippen molar-refractivity contribution >= 4 is 0 Å². The fourth-order valence-electron chi connectivity index (χ4n) is 1.92. The van der Waals surface area contributed by atoms with Gasteiger partial charge in [-0.1, -0.05) is 19.8 Å². The van der Waals surface area contributed by atoms with Gasteiger partial charge in [-0.15, -0.1) is 0 Å². The standard InChI is InChI=1S/C14H35N5/c1-2-17-9-7-8-11-18-10-5-3-4-6-12-19-13-14(15)16/h14,17-19H,2-13,15-16H2,1H3. The minimum absolute atomic E-state index is 0.225. The van der Waals surface area contributed by atoms with Crippen LogP contribution in [-0.4, -0.2) is 45.4 Å². The summed E-state index contributed by atoms with van der Waals surface area (Å²) >= 11 is 0. The molecule has 0 radical (unpaired) electrons. The third-order valence-corrected chi connectivity index (χ3v) is 3.04. The van der Waals surface area contributed by atoms with Crippen LogP contribution in [0.15, 0.2) is 0 Å². The summed E-state index contributed by atoms with van der Waals surface area (Å²) in [5.74, 6) is 0. The lowest BCUT2D eigenvalue weighted by molar-refractivity contribution is 0.534. The predicted molar refractivity (Wildman–Crippen MR) is 84.1 cm³/mol. The molecule has 0 rings (SSSR count). The second-order valence-corrected chi connectivity index (χ2v) is 5.09. The summed E-state index contributed by atoms with van der Waals surface area (Å²) in [6.45, 7) is 8.44. The van der Waals surface area contributed by atoms with E-state index in [0.717, 1.165) is 32.7 Å².